The summed E-state index contributed by atoms with van der Waals surface area (Å²) in [6, 6.07) is 7.21. The van der Waals surface area contributed by atoms with E-state index in [0.717, 1.165) is 0 Å². The van der Waals surface area contributed by atoms with Crippen molar-refractivity contribution in [3.8, 4) is 0 Å². The lowest BCUT2D eigenvalue weighted by atomic mass is 10.2. The fraction of sp³-hybridized carbons (Fsp3) is 0.333. The molecule has 0 atom stereocenters. The normalized spacial score (nSPS) is 11.2. The van der Waals surface area contributed by atoms with Gasteiger partial charge in [0, 0.05) is 11.6 Å². The third kappa shape index (κ3) is 3.34. The Morgan fingerprint density at radius 3 is 2.48 bits per heavy atom. The Kier molecular flexibility index (Phi) is 3.88. The highest BCUT2D eigenvalue weighted by Crippen LogP contribution is 2.21. The van der Waals surface area contributed by atoms with Gasteiger partial charge in [0.15, 0.2) is 0 Å². The molecule has 21 heavy (non-hydrogen) atoms. The Morgan fingerprint density at radius 2 is 1.86 bits per heavy atom. The predicted octanol–water partition coefficient (Wildman–Crippen LogP) is 2.91. The van der Waals surface area contributed by atoms with Crippen LogP contribution in [0.4, 0.5) is 4.79 Å². The fourth-order valence-corrected chi connectivity index (χ4v) is 1.94. The van der Waals surface area contributed by atoms with Gasteiger partial charge in [-0.25, -0.2) is 15.0 Å². The van der Waals surface area contributed by atoms with E-state index in [0.29, 0.717) is 16.5 Å². The van der Waals surface area contributed by atoms with Gasteiger partial charge >= 0.3 is 12.1 Å². The standard InChI is InChI=1S/C15H18N2O4/c1-15(2,3)21-14(19)16-17-9-11(13(18)20-4)10-7-5-6-8-12(10)17/h5-9H,1-4H3,(H,16,19). The number of fused-ring (bicyclic) bond motifs is 1. The summed E-state index contributed by atoms with van der Waals surface area (Å²) in [6.45, 7) is 5.33. The molecule has 0 aliphatic rings. The highest BCUT2D eigenvalue weighted by Gasteiger charge is 2.19. The molecule has 6 nitrogen and oxygen atoms in total. The van der Waals surface area contributed by atoms with E-state index in [9.17, 15) is 9.59 Å². The largest absolute Gasteiger partial charge is 0.465 e. The molecule has 0 fully saturated rings. The van der Waals surface area contributed by atoms with E-state index < -0.39 is 17.7 Å². The first-order valence-electron chi connectivity index (χ1n) is 6.50. The first-order valence-corrected chi connectivity index (χ1v) is 6.50. The molecule has 0 unspecified atom stereocenters. The lowest BCUT2D eigenvalue weighted by Gasteiger charge is -2.20. The number of rotatable bonds is 2. The molecule has 0 saturated carbocycles. The van der Waals surface area contributed by atoms with Crippen molar-refractivity contribution < 1.29 is 19.1 Å². The quantitative estimate of drug-likeness (QED) is 0.863. The van der Waals surface area contributed by atoms with Crippen LogP contribution in [0.25, 0.3) is 10.9 Å². The lowest BCUT2D eigenvalue weighted by Crippen LogP contribution is -2.31. The van der Waals surface area contributed by atoms with E-state index in [1.165, 1.54) is 18.0 Å². The summed E-state index contributed by atoms with van der Waals surface area (Å²) in [4.78, 5) is 23.6. The molecule has 0 aliphatic carbocycles. The third-order valence-corrected chi connectivity index (χ3v) is 2.73. The number of methoxy groups -OCH3 is 1. The monoisotopic (exact) mass is 290 g/mol. The van der Waals surface area contributed by atoms with Crippen LogP contribution in [0, 0.1) is 0 Å². The zero-order valence-electron chi connectivity index (χ0n) is 12.5. The third-order valence-electron chi connectivity index (χ3n) is 2.73. The van der Waals surface area contributed by atoms with Crippen molar-refractivity contribution in [3.63, 3.8) is 0 Å². The van der Waals surface area contributed by atoms with Crippen molar-refractivity contribution in [1.82, 2.24) is 4.68 Å². The maximum atomic E-state index is 11.9. The summed E-state index contributed by atoms with van der Waals surface area (Å²) < 4.78 is 11.4. The first kappa shape index (κ1) is 14.9. The van der Waals surface area contributed by atoms with Gasteiger partial charge in [-0.2, -0.15) is 0 Å². The molecule has 6 heteroatoms. The number of carbonyl (C=O) groups is 2. The van der Waals surface area contributed by atoms with Crippen molar-refractivity contribution in [1.29, 1.82) is 0 Å². The van der Waals surface area contributed by atoms with Crippen molar-refractivity contribution in [2.24, 2.45) is 0 Å². The first-order chi connectivity index (χ1) is 9.81. The molecule has 1 heterocycles. The van der Waals surface area contributed by atoms with E-state index in [4.69, 9.17) is 9.47 Å². The average Bonchev–Trinajstić information content (AvgIpc) is 2.75. The number of carbonyl (C=O) groups excluding carboxylic acids is 2. The van der Waals surface area contributed by atoms with Crippen LogP contribution >= 0.6 is 0 Å². The van der Waals surface area contributed by atoms with Crippen LogP contribution in [-0.2, 0) is 9.47 Å². The highest BCUT2D eigenvalue weighted by molar-refractivity contribution is 6.04. The van der Waals surface area contributed by atoms with Crippen LogP contribution in [-0.4, -0.2) is 29.4 Å². The lowest BCUT2D eigenvalue weighted by molar-refractivity contribution is 0.0591. The molecule has 0 bridgehead atoms. The average molecular weight is 290 g/mol. The Hall–Kier alpha value is -2.50. The second kappa shape index (κ2) is 5.47. The zero-order chi connectivity index (χ0) is 15.6. The van der Waals surface area contributed by atoms with Crippen LogP contribution in [0.2, 0.25) is 0 Å². The number of hydrogen-bond acceptors (Lipinski definition) is 4. The van der Waals surface area contributed by atoms with Gasteiger partial charge in [-0.3, -0.25) is 4.68 Å². The molecule has 2 aromatic rings. The van der Waals surface area contributed by atoms with E-state index in [1.54, 1.807) is 32.9 Å². The highest BCUT2D eigenvalue weighted by atomic mass is 16.6. The SMILES string of the molecule is COC(=O)c1cn(NC(=O)OC(C)(C)C)c2ccccc12. The molecular formula is C15H18N2O4. The van der Waals surface area contributed by atoms with Crippen LogP contribution in [0.5, 0.6) is 0 Å². The molecule has 1 aromatic heterocycles. The molecule has 2 rings (SSSR count). The van der Waals surface area contributed by atoms with Crippen molar-refractivity contribution in [3.05, 3.63) is 36.0 Å². The Balaban J connectivity index is 2.36. The number of nitrogens with one attached hydrogen (secondary N) is 1. The minimum atomic E-state index is -0.599. The summed E-state index contributed by atoms with van der Waals surface area (Å²) >= 11 is 0. The number of ether oxygens (including phenoxy) is 2. The number of amides is 1. The fourth-order valence-electron chi connectivity index (χ4n) is 1.94. The summed E-state index contributed by atoms with van der Waals surface area (Å²) in [7, 11) is 1.32. The second-order valence-electron chi connectivity index (χ2n) is 5.54. The van der Waals surface area contributed by atoms with Gasteiger partial charge in [-0.05, 0) is 26.8 Å². The number of benzene rings is 1. The van der Waals surface area contributed by atoms with Gasteiger partial charge in [-0.1, -0.05) is 18.2 Å². The van der Waals surface area contributed by atoms with Gasteiger partial charge in [0.05, 0.1) is 18.2 Å². The van der Waals surface area contributed by atoms with Gasteiger partial charge in [-0.15, -0.1) is 0 Å². The van der Waals surface area contributed by atoms with Crippen LogP contribution in [0.3, 0.4) is 0 Å². The van der Waals surface area contributed by atoms with E-state index >= 15 is 0 Å². The minimum Gasteiger partial charge on any atom is -0.465 e. The molecule has 112 valence electrons. The number of para-hydroxylation sites is 1. The summed E-state index contributed by atoms with van der Waals surface area (Å²) in [6.07, 6.45) is 0.917. The topological polar surface area (TPSA) is 69.6 Å². The number of esters is 1. The molecular weight excluding hydrogens is 272 g/mol. The molecule has 0 aliphatic heterocycles. The van der Waals surface area contributed by atoms with E-state index in [-0.39, 0.29) is 0 Å². The Bertz CT molecular complexity index is 683. The molecule has 0 spiro atoms. The van der Waals surface area contributed by atoms with Gasteiger partial charge in [0.2, 0.25) is 0 Å². The molecule has 0 radical (unpaired) electrons. The smallest absolute Gasteiger partial charge is 0.426 e. The minimum absolute atomic E-state index is 0.379. The van der Waals surface area contributed by atoms with Crippen molar-refractivity contribution >= 4 is 23.0 Å². The number of hydrogen-bond donors (Lipinski definition) is 1. The Labute approximate surface area is 122 Å². The molecule has 1 aromatic carbocycles. The predicted molar refractivity (Wildman–Crippen MR) is 78.9 cm³/mol. The molecule has 1 N–H and O–H groups in total. The maximum Gasteiger partial charge on any atom is 0.426 e. The van der Waals surface area contributed by atoms with Crippen molar-refractivity contribution in [2.75, 3.05) is 12.5 Å². The number of nitrogens with zero attached hydrogens (tertiary/aromatic N) is 1. The van der Waals surface area contributed by atoms with E-state index in [1.807, 2.05) is 12.1 Å². The zero-order valence-corrected chi connectivity index (χ0v) is 12.5. The summed E-state index contributed by atoms with van der Waals surface area (Å²) in [5, 5.41) is 0.695. The van der Waals surface area contributed by atoms with Gasteiger partial charge in [0.1, 0.15) is 5.60 Å². The van der Waals surface area contributed by atoms with Crippen LogP contribution < -0.4 is 5.43 Å². The van der Waals surface area contributed by atoms with Crippen LogP contribution in [0.1, 0.15) is 31.1 Å². The number of aromatic nitrogens is 1. The molecule has 0 saturated heterocycles. The van der Waals surface area contributed by atoms with Crippen LogP contribution in [0.15, 0.2) is 30.5 Å². The van der Waals surface area contributed by atoms with E-state index in [2.05, 4.69) is 5.43 Å². The van der Waals surface area contributed by atoms with Gasteiger partial charge in [0.25, 0.3) is 0 Å². The molecule has 1 amide bonds. The van der Waals surface area contributed by atoms with Crippen molar-refractivity contribution in [2.45, 2.75) is 26.4 Å². The van der Waals surface area contributed by atoms with Gasteiger partial charge < -0.3 is 9.47 Å². The second-order valence-corrected chi connectivity index (χ2v) is 5.54. The summed E-state index contributed by atoms with van der Waals surface area (Å²) in [5.41, 5.74) is 3.05. The Morgan fingerprint density at radius 1 is 1.19 bits per heavy atom. The maximum absolute atomic E-state index is 11.9. The summed E-state index contributed by atoms with van der Waals surface area (Å²) in [5.74, 6) is -0.462.